The molecule has 114 valence electrons. The summed E-state index contributed by atoms with van der Waals surface area (Å²) in [5.41, 5.74) is 4.68. The van der Waals surface area contributed by atoms with Crippen molar-refractivity contribution in [2.45, 2.75) is 6.92 Å². The largest absolute Gasteiger partial charge is 0.503 e. The second-order valence-corrected chi connectivity index (χ2v) is 5.48. The van der Waals surface area contributed by atoms with Crippen LogP contribution in [0.1, 0.15) is 21.5 Å². The number of carbonyl (C=O) groups is 1. The molecule has 0 saturated heterocycles. The lowest BCUT2D eigenvalue weighted by molar-refractivity contribution is 0.0955. The molecule has 0 bridgehead atoms. The van der Waals surface area contributed by atoms with E-state index in [1.165, 1.54) is 13.3 Å². The Labute approximate surface area is 136 Å². The predicted octanol–water partition coefficient (Wildman–Crippen LogP) is 3.24. The zero-order valence-electron chi connectivity index (χ0n) is 12.1. The minimum atomic E-state index is -0.287. The van der Waals surface area contributed by atoms with E-state index in [-0.39, 0.29) is 11.7 Å². The number of rotatable bonds is 4. The van der Waals surface area contributed by atoms with Gasteiger partial charge in [0.1, 0.15) is 0 Å². The summed E-state index contributed by atoms with van der Waals surface area (Å²) in [6.07, 6.45) is 1.47. The number of methoxy groups -OCH3 is 1. The van der Waals surface area contributed by atoms with Gasteiger partial charge in [-0.2, -0.15) is 5.10 Å². The average Bonchev–Trinajstić information content (AvgIpc) is 2.50. The standard InChI is InChI=1S/C16H15BrN2O3/c1-10-4-3-5-12(6-10)16(21)19-18-9-11-7-13(17)15(20)14(8-11)22-2/h3-9,20H,1-2H3,(H,19,21). The summed E-state index contributed by atoms with van der Waals surface area (Å²) in [4.78, 5) is 11.9. The number of benzene rings is 2. The van der Waals surface area contributed by atoms with E-state index in [0.717, 1.165) is 5.56 Å². The van der Waals surface area contributed by atoms with Crippen LogP contribution in [0, 0.1) is 6.92 Å². The van der Waals surface area contributed by atoms with Gasteiger partial charge in [0.2, 0.25) is 0 Å². The summed E-state index contributed by atoms with van der Waals surface area (Å²) in [6.45, 7) is 1.92. The molecule has 0 fully saturated rings. The van der Waals surface area contributed by atoms with Gasteiger partial charge in [0.25, 0.3) is 5.91 Å². The third-order valence-corrected chi connectivity index (χ3v) is 3.54. The number of amides is 1. The Kier molecular flexibility index (Phi) is 5.16. The smallest absolute Gasteiger partial charge is 0.271 e. The Bertz CT molecular complexity index is 729. The fourth-order valence-electron chi connectivity index (χ4n) is 1.84. The first kappa shape index (κ1) is 16.0. The molecule has 22 heavy (non-hydrogen) atoms. The number of nitrogens with zero attached hydrogens (tertiary/aromatic N) is 1. The lowest BCUT2D eigenvalue weighted by atomic mass is 10.1. The van der Waals surface area contributed by atoms with Crippen LogP contribution in [0.15, 0.2) is 46.0 Å². The first-order chi connectivity index (χ1) is 10.5. The highest BCUT2D eigenvalue weighted by Crippen LogP contribution is 2.34. The van der Waals surface area contributed by atoms with Crippen molar-refractivity contribution in [1.82, 2.24) is 5.43 Å². The molecule has 5 nitrogen and oxygen atoms in total. The molecule has 0 spiro atoms. The molecule has 2 N–H and O–H groups in total. The van der Waals surface area contributed by atoms with Crippen molar-refractivity contribution < 1.29 is 14.6 Å². The van der Waals surface area contributed by atoms with E-state index in [0.29, 0.717) is 21.3 Å². The maximum absolute atomic E-state index is 11.9. The van der Waals surface area contributed by atoms with Gasteiger partial charge in [0.05, 0.1) is 17.8 Å². The molecule has 2 rings (SSSR count). The van der Waals surface area contributed by atoms with Crippen LogP contribution in [0.2, 0.25) is 0 Å². The van der Waals surface area contributed by atoms with Crippen LogP contribution in [0.4, 0.5) is 0 Å². The normalized spacial score (nSPS) is 10.7. The van der Waals surface area contributed by atoms with Gasteiger partial charge in [-0.3, -0.25) is 4.79 Å². The Balaban J connectivity index is 2.10. The minimum absolute atomic E-state index is 0.0171. The Hall–Kier alpha value is -2.34. The highest BCUT2D eigenvalue weighted by atomic mass is 79.9. The van der Waals surface area contributed by atoms with Gasteiger partial charge in [-0.05, 0) is 52.7 Å². The number of halogens is 1. The fourth-order valence-corrected chi connectivity index (χ4v) is 2.30. The third-order valence-electron chi connectivity index (χ3n) is 2.93. The van der Waals surface area contributed by atoms with Crippen molar-refractivity contribution >= 4 is 28.1 Å². The van der Waals surface area contributed by atoms with E-state index in [1.54, 1.807) is 24.3 Å². The second kappa shape index (κ2) is 7.09. The molecule has 1 amide bonds. The van der Waals surface area contributed by atoms with E-state index >= 15 is 0 Å². The third kappa shape index (κ3) is 3.85. The number of phenols is 1. The number of ether oxygens (including phenoxy) is 1. The zero-order chi connectivity index (χ0) is 16.1. The van der Waals surface area contributed by atoms with Crippen LogP contribution in [-0.4, -0.2) is 24.3 Å². The average molecular weight is 363 g/mol. The molecule has 0 unspecified atom stereocenters. The molecular weight excluding hydrogens is 348 g/mol. The molecule has 2 aromatic rings. The van der Waals surface area contributed by atoms with E-state index in [2.05, 4.69) is 26.5 Å². The summed E-state index contributed by atoms with van der Waals surface area (Å²) in [7, 11) is 1.46. The van der Waals surface area contributed by atoms with Crippen LogP contribution in [0.5, 0.6) is 11.5 Å². The Morgan fingerprint density at radius 3 is 2.82 bits per heavy atom. The molecule has 0 aliphatic heterocycles. The monoisotopic (exact) mass is 362 g/mol. The lowest BCUT2D eigenvalue weighted by Gasteiger charge is -2.06. The second-order valence-electron chi connectivity index (χ2n) is 4.62. The van der Waals surface area contributed by atoms with Crippen LogP contribution in [-0.2, 0) is 0 Å². The van der Waals surface area contributed by atoms with Crippen LogP contribution < -0.4 is 10.2 Å². The molecule has 0 saturated carbocycles. The van der Waals surface area contributed by atoms with E-state index in [9.17, 15) is 9.90 Å². The van der Waals surface area contributed by atoms with Gasteiger partial charge < -0.3 is 9.84 Å². The summed E-state index contributed by atoms with van der Waals surface area (Å²) in [5, 5.41) is 13.6. The maximum Gasteiger partial charge on any atom is 0.271 e. The first-order valence-corrected chi connectivity index (χ1v) is 7.27. The van der Waals surface area contributed by atoms with Crippen molar-refractivity contribution in [3.63, 3.8) is 0 Å². The van der Waals surface area contributed by atoms with Gasteiger partial charge in [0, 0.05) is 5.56 Å². The minimum Gasteiger partial charge on any atom is -0.503 e. The molecule has 6 heteroatoms. The predicted molar refractivity (Wildman–Crippen MR) is 88.6 cm³/mol. The highest BCUT2D eigenvalue weighted by Gasteiger charge is 2.08. The number of aryl methyl sites for hydroxylation is 1. The molecular formula is C16H15BrN2O3. The number of nitrogens with one attached hydrogen (secondary N) is 1. The van der Waals surface area contributed by atoms with Gasteiger partial charge in [0.15, 0.2) is 11.5 Å². The maximum atomic E-state index is 11.9. The van der Waals surface area contributed by atoms with Crippen LogP contribution in [0.25, 0.3) is 0 Å². The summed E-state index contributed by atoms with van der Waals surface area (Å²) in [5.74, 6) is 0.0500. The molecule has 0 aliphatic rings. The topological polar surface area (TPSA) is 70.9 Å². The first-order valence-electron chi connectivity index (χ1n) is 6.48. The van der Waals surface area contributed by atoms with Crippen molar-refractivity contribution in [2.24, 2.45) is 5.10 Å². The van der Waals surface area contributed by atoms with Gasteiger partial charge in [-0.15, -0.1) is 0 Å². The number of aromatic hydroxyl groups is 1. The fraction of sp³-hybridized carbons (Fsp3) is 0.125. The van der Waals surface area contributed by atoms with E-state index in [1.807, 2.05) is 19.1 Å². The number of phenolic OH excluding ortho intramolecular Hbond substituents is 1. The van der Waals surface area contributed by atoms with Crippen LogP contribution >= 0.6 is 15.9 Å². The van der Waals surface area contributed by atoms with Crippen molar-refractivity contribution in [3.8, 4) is 11.5 Å². The van der Waals surface area contributed by atoms with E-state index in [4.69, 9.17) is 4.74 Å². The highest BCUT2D eigenvalue weighted by molar-refractivity contribution is 9.10. The van der Waals surface area contributed by atoms with E-state index < -0.39 is 0 Å². The zero-order valence-corrected chi connectivity index (χ0v) is 13.7. The molecule has 2 aromatic carbocycles. The van der Waals surface area contributed by atoms with Crippen LogP contribution in [0.3, 0.4) is 0 Å². The molecule has 0 heterocycles. The van der Waals surface area contributed by atoms with Gasteiger partial charge in [-0.25, -0.2) is 5.43 Å². The number of carbonyl (C=O) groups excluding carboxylic acids is 1. The molecule has 0 atom stereocenters. The number of hydrogen-bond donors (Lipinski definition) is 2. The quantitative estimate of drug-likeness (QED) is 0.647. The molecule has 0 aromatic heterocycles. The van der Waals surface area contributed by atoms with Crippen molar-refractivity contribution in [2.75, 3.05) is 7.11 Å². The number of hydrogen-bond acceptors (Lipinski definition) is 4. The SMILES string of the molecule is COc1cc(C=NNC(=O)c2cccc(C)c2)cc(Br)c1O. The Morgan fingerprint density at radius 2 is 2.14 bits per heavy atom. The molecule has 0 radical (unpaired) electrons. The summed E-state index contributed by atoms with van der Waals surface area (Å²) >= 11 is 3.22. The summed E-state index contributed by atoms with van der Waals surface area (Å²) < 4.78 is 5.53. The summed E-state index contributed by atoms with van der Waals surface area (Å²) in [6, 6.07) is 10.5. The molecule has 0 aliphatic carbocycles. The van der Waals surface area contributed by atoms with Crippen molar-refractivity contribution in [3.05, 3.63) is 57.6 Å². The van der Waals surface area contributed by atoms with Gasteiger partial charge in [-0.1, -0.05) is 17.7 Å². The van der Waals surface area contributed by atoms with Crippen molar-refractivity contribution in [1.29, 1.82) is 0 Å². The number of hydrazone groups is 1. The lowest BCUT2D eigenvalue weighted by Crippen LogP contribution is -2.17. The Morgan fingerprint density at radius 1 is 1.36 bits per heavy atom. The van der Waals surface area contributed by atoms with Gasteiger partial charge >= 0.3 is 0 Å².